The number of aliphatic hydroxyl groups is 1. The Morgan fingerprint density at radius 2 is 1.92 bits per heavy atom. The number of hydrogen-bond acceptors (Lipinski definition) is 12. The van der Waals surface area contributed by atoms with Gasteiger partial charge in [-0.05, 0) is 44.1 Å². The second-order valence-corrected chi connectivity index (χ2v) is 13.7. The first-order valence-electron chi connectivity index (χ1n) is 16.5. The Balaban J connectivity index is 1.07. The van der Waals surface area contributed by atoms with Crippen LogP contribution in [0.3, 0.4) is 0 Å². The smallest absolute Gasteiger partial charge is 0.357 e. The summed E-state index contributed by atoms with van der Waals surface area (Å²) in [6, 6.07) is 12.2. The summed E-state index contributed by atoms with van der Waals surface area (Å²) < 4.78 is 34.5. The van der Waals surface area contributed by atoms with Gasteiger partial charge in [0.25, 0.3) is 0 Å². The van der Waals surface area contributed by atoms with Crippen LogP contribution in [0.15, 0.2) is 54.3 Å². The molecule has 1 spiro atoms. The van der Waals surface area contributed by atoms with E-state index in [9.17, 15) is 24.3 Å². The van der Waals surface area contributed by atoms with Crippen molar-refractivity contribution >= 4 is 23.8 Å². The molecule has 49 heavy (non-hydrogen) atoms. The van der Waals surface area contributed by atoms with Gasteiger partial charge in [0, 0.05) is 44.0 Å². The van der Waals surface area contributed by atoms with Crippen molar-refractivity contribution in [2.75, 3.05) is 27.2 Å². The van der Waals surface area contributed by atoms with Gasteiger partial charge < -0.3 is 43.7 Å². The van der Waals surface area contributed by atoms with Crippen molar-refractivity contribution in [3.8, 4) is 11.5 Å². The fourth-order valence-corrected chi connectivity index (χ4v) is 8.22. The third-order valence-electron chi connectivity index (χ3n) is 10.4. The normalized spacial score (nSPS) is 29.4. The van der Waals surface area contributed by atoms with Crippen molar-refractivity contribution in [1.82, 2.24) is 10.2 Å². The number of cyclic esters (lactones) is 1. The molecule has 0 radical (unpaired) electrons. The van der Waals surface area contributed by atoms with E-state index in [0.29, 0.717) is 36.4 Å². The van der Waals surface area contributed by atoms with E-state index in [-0.39, 0.29) is 37.6 Å². The number of carbonyl (C=O) groups excluding carboxylic acids is 4. The summed E-state index contributed by atoms with van der Waals surface area (Å²) in [7, 11) is 3.58. The van der Waals surface area contributed by atoms with Crippen LogP contribution in [-0.4, -0.2) is 90.7 Å². The highest BCUT2D eigenvalue weighted by Crippen LogP contribution is 2.65. The molecule has 2 aromatic carbocycles. The second-order valence-electron chi connectivity index (χ2n) is 13.7. The van der Waals surface area contributed by atoms with Crippen LogP contribution in [0.4, 0.5) is 0 Å². The number of nitrogens with zero attached hydrogens (tertiary/aromatic N) is 1. The fraction of sp³-hybridized carbons (Fsp3) is 0.500. The highest BCUT2D eigenvalue weighted by molar-refractivity contribution is 5.86. The second kappa shape index (κ2) is 12.1. The molecule has 3 heterocycles. The first-order chi connectivity index (χ1) is 23.4. The zero-order valence-corrected chi connectivity index (χ0v) is 27.9. The Bertz CT molecular complexity index is 1720. The van der Waals surface area contributed by atoms with Crippen LogP contribution in [0.25, 0.3) is 0 Å². The van der Waals surface area contributed by atoms with E-state index >= 15 is 0 Å². The average Bonchev–Trinajstić information content (AvgIpc) is 3.55. The van der Waals surface area contributed by atoms with Gasteiger partial charge in [0.1, 0.15) is 5.76 Å². The Kier molecular flexibility index (Phi) is 8.19. The van der Waals surface area contributed by atoms with Crippen molar-refractivity contribution in [3.05, 3.63) is 71.0 Å². The van der Waals surface area contributed by atoms with Gasteiger partial charge in [-0.25, -0.2) is 9.59 Å². The molecule has 1 amide bonds. The maximum absolute atomic E-state index is 13.9. The summed E-state index contributed by atoms with van der Waals surface area (Å²) in [6.45, 7) is 3.76. The van der Waals surface area contributed by atoms with E-state index in [2.05, 4.69) is 10.2 Å². The molecule has 2 aliphatic carbocycles. The van der Waals surface area contributed by atoms with Crippen molar-refractivity contribution in [3.63, 3.8) is 0 Å². The van der Waals surface area contributed by atoms with Crippen LogP contribution >= 0.6 is 0 Å². The Hall–Kier alpha value is -4.46. The van der Waals surface area contributed by atoms with Gasteiger partial charge in [0.2, 0.25) is 17.8 Å². The molecule has 2 N–H and O–H groups in total. The number of ether oxygens (including phenoxy) is 6. The van der Waals surface area contributed by atoms with E-state index in [1.54, 1.807) is 57.4 Å². The minimum absolute atomic E-state index is 0.0976. The minimum atomic E-state index is -1.42. The summed E-state index contributed by atoms with van der Waals surface area (Å²) in [5.74, 6) is -2.51. The van der Waals surface area contributed by atoms with Crippen molar-refractivity contribution in [1.29, 1.82) is 0 Å². The number of piperidine rings is 1. The van der Waals surface area contributed by atoms with Crippen molar-refractivity contribution in [2.24, 2.45) is 0 Å². The first-order valence-corrected chi connectivity index (χ1v) is 16.5. The maximum Gasteiger partial charge on any atom is 0.357 e. The molecule has 3 aliphatic heterocycles. The summed E-state index contributed by atoms with van der Waals surface area (Å²) in [5.41, 5.74) is 0.306. The van der Waals surface area contributed by atoms with Gasteiger partial charge in [-0.3, -0.25) is 9.59 Å². The molecular formula is C36H40N2O11. The molecule has 0 unspecified atom stereocenters. The molecule has 2 bridgehead atoms. The minimum Gasteiger partial charge on any atom is -0.493 e. The van der Waals surface area contributed by atoms with Crippen LogP contribution in [0, 0.1) is 0 Å². The van der Waals surface area contributed by atoms with Gasteiger partial charge in [-0.15, -0.1) is 0 Å². The lowest BCUT2D eigenvalue weighted by molar-refractivity contribution is -0.176. The van der Waals surface area contributed by atoms with Gasteiger partial charge in [0.15, 0.2) is 23.7 Å². The zero-order valence-electron chi connectivity index (χ0n) is 27.9. The summed E-state index contributed by atoms with van der Waals surface area (Å²) in [6.07, 6.45) is -0.631. The largest absolute Gasteiger partial charge is 0.493 e. The summed E-state index contributed by atoms with van der Waals surface area (Å²) in [4.78, 5) is 53.5. The van der Waals surface area contributed by atoms with Crippen molar-refractivity contribution in [2.45, 2.75) is 87.1 Å². The molecular weight excluding hydrogens is 636 g/mol. The van der Waals surface area contributed by atoms with Gasteiger partial charge in [0.05, 0.1) is 31.0 Å². The summed E-state index contributed by atoms with van der Waals surface area (Å²) in [5, 5.41) is 15.0. The van der Waals surface area contributed by atoms with Gasteiger partial charge in [-0.1, -0.05) is 36.4 Å². The number of esters is 3. The molecule has 0 saturated carbocycles. The van der Waals surface area contributed by atoms with Gasteiger partial charge in [-0.2, -0.15) is 0 Å². The van der Waals surface area contributed by atoms with Crippen molar-refractivity contribution < 1.29 is 52.7 Å². The lowest BCUT2D eigenvalue weighted by Crippen LogP contribution is -2.74. The first kappa shape index (κ1) is 33.1. The Morgan fingerprint density at radius 3 is 2.63 bits per heavy atom. The third-order valence-corrected chi connectivity index (χ3v) is 10.4. The monoisotopic (exact) mass is 676 g/mol. The maximum atomic E-state index is 13.9. The molecule has 7 rings (SSSR count). The predicted octanol–water partition coefficient (Wildman–Crippen LogP) is 2.38. The lowest BCUT2D eigenvalue weighted by Gasteiger charge is -2.61. The fourth-order valence-electron chi connectivity index (χ4n) is 8.22. The van der Waals surface area contributed by atoms with Crippen LogP contribution in [-0.2, 0) is 50.0 Å². The van der Waals surface area contributed by atoms with E-state index in [0.717, 1.165) is 11.1 Å². The highest BCUT2D eigenvalue weighted by Gasteiger charge is 2.72. The number of likely N-dealkylation sites (N-methyl/N-ethyl adjacent to an activating group) is 1. The Morgan fingerprint density at radius 1 is 1.14 bits per heavy atom. The Labute approximate surface area is 283 Å². The molecule has 6 atom stereocenters. The number of amides is 1. The molecule has 5 aliphatic rings. The van der Waals surface area contributed by atoms with E-state index in [4.69, 9.17) is 28.4 Å². The third kappa shape index (κ3) is 5.44. The van der Waals surface area contributed by atoms with Crippen LogP contribution in [0.2, 0.25) is 0 Å². The standard InChI is InChI=1S/C36H40N2O11/c1-34(2)48-24(32(41)49-34)19-26(39)37-16-13-27(40)46-29(20-8-6-5-7-9-20)33(42)45-23-12-14-36(43)25-18-21-10-11-22(44-4)30-28(21)35(36,31(23)47-30)15-17-38(25)3/h5-12,24-25,29,31,43H,13-19H2,1-4H3,(H,37,39)/t24-,25+,29+,31-,35-,36+/m0/s1. The molecule has 2 aromatic rings. The average molecular weight is 677 g/mol. The quantitative estimate of drug-likeness (QED) is 0.280. The molecule has 260 valence electrons. The summed E-state index contributed by atoms with van der Waals surface area (Å²) >= 11 is 0. The SMILES string of the molecule is COc1ccc2c3c1O[C@H]1C(OC(=O)[C@H](OC(=O)CCNC(=O)C[C@@H]4OC(C)(C)OC4=O)c4ccccc4)=CC[C@@]4(O)[C@@H](C2)N(C)CC[C@]314. The highest BCUT2D eigenvalue weighted by atomic mass is 16.8. The van der Waals surface area contributed by atoms with Crippen LogP contribution in [0.5, 0.6) is 11.5 Å². The number of likely N-dealkylation sites (tertiary alicyclic amines) is 1. The molecule has 13 heteroatoms. The van der Waals surface area contributed by atoms with E-state index in [1.807, 2.05) is 19.2 Å². The number of methoxy groups -OCH3 is 1. The van der Waals surface area contributed by atoms with Crippen LogP contribution < -0.4 is 14.8 Å². The molecule has 13 nitrogen and oxygen atoms in total. The molecule has 2 saturated heterocycles. The predicted molar refractivity (Wildman–Crippen MR) is 170 cm³/mol. The van der Waals surface area contributed by atoms with Gasteiger partial charge >= 0.3 is 17.9 Å². The number of carbonyl (C=O) groups is 4. The molecule has 0 aromatic heterocycles. The molecule has 2 fully saturated rings. The van der Waals surface area contributed by atoms with E-state index < -0.39 is 58.9 Å². The lowest BCUT2D eigenvalue weighted by atomic mass is 9.50. The number of benzene rings is 2. The number of rotatable bonds is 10. The zero-order chi connectivity index (χ0) is 34.7. The van der Waals surface area contributed by atoms with Crippen LogP contribution in [0.1, 0.15) is 62.3 Å². The number of hydrogen-bond donors (Lipinski definition) is 2. The number of nitrogens with one attached hydrogen (secondary N) is 1. The van der Waals surface area contributed by atoms with E-state index in [1.165, 1.54) is 0 Å². The topological polar surface area (TPSA) is 159 Å².